The molecular formula is C13H16O2. The third-order valence-electron chi connectivity index (χ3n) is 2.09. The first-order valence-corrected chi connectivity index (χ1v) is 4.98. The largest absolute Gasteiger partial charge is 0.493 e. The fourth-order valence-corrected chi connectivity index (χ4v) is 1.11. The number of hydrogen-bond donors (Lipinski definition) is 0. The Labute approximate surface area is 90.6 Å². The van der Waals surface area contributed by atoms with Crippen LogP contribution in [0.3, 0.4) is 0 Å². The lowest BCUT2D eigenvalue weighted by molar-refractivity contribution is -0.115. The minimum Gasteiger partial charge on any atom is -0.493 e. The number of allylic oxidation sites excluding steroid dienone is 1. The molecule has 1 aromatic carbocycles. The molecule has 1 rings (SSSR count). The van der Waals surface area contributed by atoms with Crippen molar-refractivity contribution in [2.24, 2.45) is 0 Å². The summed E-state index contributed by atoms with van der Waals surface area (Å²) >= 11 is 0. The van der Waals surface area contributed by atoms with Crippen molar-refractivity contribution < 1.29 is 9.53 Å². The van der Waals surface area contributed by atoms with Gasteiger partial charge in [0, 0.05) is 6.42 Å². The van der Waals surface area contributed by atoms with Gasteiger partial charge in [-0.15, -0.1) is 0 Å². The topological polar surface area (TPSA) is 26.3 Å². The van der Waals surface area contributed by atoms with Gasteiger partial charge in [0.1, 0.15) is 5.75 Å². The Morgan fingerprint density at radius 3 is 2.47 bits per heavy atom. The molecule has 0 amide bonds. The van der Waals surface area contributed by atoms with Gasteiger partial charge in [-0.2, -0.15) is 0 Å². The van der Waals surface area contributed by atoms with Gasteiger partial charge in [0.05, 0.1) is 6.61 Å². The van der Waals surface area contributed by atoms with E-state index in [1.807, 2.05) is 31.2 Å². The molecule has 0 heterocycles. The smallest absolute Gasteiger partial charge is 0.161 e. The van der Waals surface area contributed by atoms with Crippen molar-refractivity contribution in [2.75, 3.05) is 6.61 Å². The molecule has 0 aliphatic heterocycles. The highest BCUT2D eigenvalue weighted by Crippen LogP contribution is 2.11. The Hall–Kier alpha value is -1.57. The zero-order chi connectivity index (χ0) is 11.3. The number of ketones is 1. The van der Waals surface area contributed by atoms with E-state index in [9.17, 15) is 4.79 Å². The average molecular weight is 204 g/mol. The van der Waals surface area contributed by atoms with Crippen LogP contribution in [0.15, 0.2) is 36.4 Å². The Morgan fingerprint density at radius 1 is 1.33 bits per heavy atom. The van der Waals surface area contributed by atoms with E-state index in [0.717, 1.165) is 5.75 Å². The molecule has 2 nitrogen and oxygen atoms in total. The summed E-state index contributed by atoms with van der Waals surface area (Å²) in [6.45, 7) is 7.74. The second-order valence-electron chi connectivity index (χ2n) is 3.62. The zero-order valence-electron chi connectivity index (χ0n) is 9.25. The third-order valence-corrected chi connectivity index (χ3v) is 2.09. The second kappa shape index (κ2) is 5.35. The number of hydrogen-bond acceptors (Lipinski definition) is 2. The van der Waals surface area contributed by atoms with Gasteiger partial charge in [-0.1, -0.05) is 24.3 Å². The van der Waals surface area contributed by atoms with Crippen molar-refractivity contribution in [2.45, 2.75) is 20.3 Å². The highest BCUT2D eigenvalue weighted by atomic mass is 16.5. The fourth-order valence-electron chi connectivity index (χ4n) is 1.11. The molecule has 1 aromatic rings. The number of rotatable bonds is 5. The third kappa shape index (κ3) is 3.98. The zero-order valence-corrected chi connectivity index (χ0v) is 9.25. The Morgan fingerprint density at radius 2 is 1.93 bits per heavy atom. The minimum atomic E-state index is 0.0575. The molecule has 0 fully saturated rings. The van der Waals surface area contributed by atoms with Crippen molar-refractivity contribution in [3.05, 3.63) is 42.0 Å². The van der Waals surface area contributed by atoms with Crippen molar-refractivity contribution >= 4 is 5.78 Å². The van der Waals surface area contributed by atoms with Gasteiger partial charge in [0.15, 0.2) is 5.78 Å². The summed E-state index contributed by atoms with van der Waals surface area (Å²) in [7, 11) is 0. The number of aryl methyl sites for hydroxylation is 1. The summed E-state index contributed by atoms with van der Waals surface area (Å²) in [6, 6.07) is 7.77. The maximum Gasteiger partial charge on any atom is 0.161 e. The van der Waals surface area contributed by atoms with Crippen molar-refractivity contribution in [1.82, 2.24) is 0 Å². The molecular weight excluding hydrogens is 188 g/mol. The Kier molecular flexibility index (Phi) is 4.10. The highest BCUT2D eigenvalue weighted by Gasteiger charge is 2.02. The van der Waals surface area contributed by atoms with Crippen LogP contribution >= 0.6 is 0 Å². The van der Waals surface area contributed by atoms with E-state index in [2.05, 4.69) is 6.58 Å². The van der Waals surface area contributed by atoms with Crippen LogP contribution in [-0.4, -0.2) is 12.4 Å². The van der Waals surface area contributed by atoms with Crippen LogP contribution in [0.4, 0.5) is 0 Å². The molecule has 15 heavy (non-hydrogen) atoms. The molecule has 0 bridgehead atoms. The van der Waals surface area contributed by atoms with Crippen molar-refractivity contribution in [3.63, 3.8) is 0 Å². The Bertz CT molecular complexity index is 349. The van der Waals surface area contributed by atoms with E-state index in [4.69, 9.17) is 4.74 Å². The van der Waals surface area contributed by atoms with Gasteiger partial charge < -0.3 is 4.74 Å². The maximum atomic E-state index is 11.2. The first-order valence-electron chi connectivity index (χ1n) is 4.98. The number of benzene rings is 1. The second-order valence-corrected chi connectivity index (χ2v) is 3.62. The number of carbonyl (C=O) groups excluding carboxylic acids is 1. The van der Waals surface area contributed by atoms with Crippen LogP contribution in [0, 0.1) is 6.92 Å². The van der Waals surface area contributed by atoms with E-state index < -0.39 is 0 Å². The van der Waals surface area contributed by atoms with Gasteiger partial charge in [-0.3, -0.25) is 4.79 Å². The number of carbonyl (C=O) groups is 1. The fraction of sp³-hybridized carbons (Fsp3) is 0.308. The quantitative estimate of drug-likeness (QED) is 0.689. The summed E-state index contributed by atoms with van der Waals surface area (Å²) in [5.74, 6) is 0.859. The highest BCUT2D eigenvalue weighted by molar-refractivity contribution is 5.94. The standard InChI is InChI=1S/C13H16O2/c1-10(2)13(14)8-9-15-12-6-4-11(3)5-7-12/h4-7H,1,8-9H2,2-3H3. The summed E-state index contributed by atoms with van der Waals surface area (Å²) in [4.78, 5) is 11.2. The first kappa shape index (κ1) is 11.5. The van der Waals surface area contributed by atoms with E-state index in [1.165, 1.54) is 5.56 Å². The molecule has 0 N–H and O–H groups in total. The monoisotopic (exact) mass is 204 g/mol. The van der Waals surface area contributed by atoms with E-state index >= 15 is 0 Å². The molecule has 0 radical (unpaired) electrons. The lowest BCUT2D eigenvalue weighted by Crippen LogP contribution is -2.06. The predicted molar refractivity (Wildman–Crippen MR) is 61.1 cm³/mol. The van der Waals surface area contributed by atoms with Gasteiger partial charge >= 0.3 is 0 Å². The van der Waals surface area contributed by atoms with E-state index in [1.54, 1.807) is 6.92 Å². The van der Waals surface area contributed by atoms with Crippen LogP contribution in [0.25, 0.3) is 0 Å². The van der Waals surface area contributed by atoms with Gasteiger partial charge in [0.2, 0.25) is 0 Å². The van der Waals surface area contributed by atoms with E-state index in [-0.39, 0.29) is 5.78 Å². The molecule has 2 heteroatoms. The molecule has 0 aromatic heterocycles. The van der Waals surface area contributed by atoms with Crippen LogP contribution in [0.2, 0.25) is 0 Å². The molecule has 0 aliphatic carbocycles. The van der Waals surface area contributed by atoms with Gasteiger partial charge in [0.25, 0.3) is 0 Å². The summed E-state index contributed by atoms with van der Waals surface area (Å²) < 4.78 is 5.42. The van der Waals surface area contributed by atoms with Crippen molar-refractivity contribution in [1.29, 1.82) is 0 Å². The molecule has 0 saturated carbocycles. The predicted octanol–water partition coefficient (Wildman–Crippen LogP) is 2.91. The minimum absolute atomic E-state index is 0.0575. The summed E-state index contributed by atoms with van der Waals surface area (Å²) in [5.41, 5.74) is 1.78. The molecule has 0 unspecified atom stereocenters. The number of ether oxygens (including phenoxy) is 1. The molecule has 80 valence electrons. The normalized spacial score (nSPS) is 9.73. The van der Waals surface area contributed by atoms with Crippen LogP contribution < -0.4 is 4.74 Å². The lowest BCUT2D eigenvalue weighted by Gasteiger charge is -2.05. The molecule has 0 spiro atoms. The van der Waals surface area contributed by atoms with Crippen LogP contribution in [0.5, 0.6) is 5.75 Å². The van der Waals surface area contributed by atoms with Gasteiger partial charge in [-0.25, -0.2) is 0 Å². The maximum absolute atomic E-state index is 11.2. The summed E-state index contributed by atoms with van der Waals surface area (Å²) in [5, 5.41) is 0. The van der Waals surface area contributed by atoms with Crippen LogP contribution in [-0.2, 0) is 4.79 Å². The van der Waals surface area contributed by atoms with Gasteiger partial charge in [-0.05, 0) is 31.6 Å². The van der Waals surface area contributed by atoms with Crippen molar-refractivity contribution in [3.8, 4) is 5.75 Å². The average Bonchev–Trinajstić information content (AvgIpc) is 2.20. The SMILES string of the molecule is C=C(C)C(=O)CCOc1ccc(C)cc1. The molecule has 0 atom stereocenters. The summed E-state index contributed by atoms with van der Waals surface area (Å²) in [6.07, 6.45) is 0.392. The first-order chi connectivity index (χ1) is 7.09. The van der Waals surface area contributed by atoms with Crippen LogP contribution in [0.1, 0.15) is 18.9 Å². The van der Waals surface area contributed by atoms with E-state index in [0.29, 0.717) is 18.6 Å². The lowest BCUT2D eigenvalue weighted by atomic mass is 10.2. The Balaban J connectivity index is 2.35. The number of Topliss-reactive ketones (excluding diaryl/α,β-unsaturated/α-hetero) is 1. The molecule has 0 aliphatic rings. The molecule has 0 saturated heterocycles.